The number of hydrogen-bond donors (Lipinski definition) is 2. The van der Waals surface area contributed by atoms with E-state index in [-0.39, 0.29) is 30.5 Å². The second kappa shape index (κ2) is 9.40. The number of carbonyl (C=O) groups excluding carboxylic acids is 1. The Hall–Kier alpha value is -4.89. The first-order valence-electron chi connectivity index (χ1n) is 11.0. The SMILES string of the molecule is Cc1nc(-c2nnc3c4ccccc4c(OCc4ccc(C(=O)NC(C)CO)cc4C#N)nn23)no1. The van der Waals surface area contributed by atoms with Crippen LogP contribution in [0.5, 0.6) is 5.88 Å². The Kier molecular flexibility index (Phi) is 5.97. The number of carbonyl (C=O) groups is 1. The summed E-state index contributed by atoms with van der Waals surface area (Å²) in [6.45, 7) is 3.19. The van der Waals surface area contributed by atoms with E-state index in [4.69, 9.17) is 14.4 Å². The third kappa shape index (κ3) is 4.19. The molecule has 2 aromatic carbocycles. The lowest BCUT2D eigenvalue weighted by Gasteiger charge is -2.13. The Labute approximate surface area is 204 Å². The molecule has 0 aliphatic heterocycles. The van der Waals surface area contributed by atoms with Gasteiger partial charge in [0, 0.05) is 34.9 Å². The summed E-state index contributed by atoms with van der Waals surface area (Å²) < 4.78 is 12.6. The molecular formula is C24H20N8O4. The Morgan fingerprint density at radius 3 is 2.78 bits per heavy atom. The molecule has 3 aromatic heterocycles. The molecule has 0 radical (unpaired) electrons. The summed E-state index contributed by atoms with van der Waals surface area (Å²) in [5.74, 6) is 0.829. The van der Waals surface area contributed by atoms with Crippen molar-refractivity contribution in [1.29, 1.82) is 5.26 Å². The van der Waals surface area contributed by atoms with Crippen LogP contribution in [-0.2, 0) is 6.61 Å². The topological polar surface area (TPSA) is 164 Å². The summed E-state index contributed by atoms with van der Waals surface area (Å²) in [5, 5.41) is 39.9. The van der Waals surface area contributed by atoms with E-state index in [1.807, 2.05) is 24.3 Å². The fraction of sp³-hybridized carbons (Fsp3) is 0.208. The second-order valence-corrected chi connectivity index (χ2v) is 8.08. The van der Waals surface area contributed by atoms with Gasteiger partial charge in [-0.1, -0.05) is 29.4 Å². The lowest BCUT2D eigenvalue weighted by molar-refractivity contribution is 0.0922. The zero-order valence-electron chi connectivity index (χ0n) is 19.3. The fourth-order valence-corrected chi connectivity index (χ4v) is 3.63. The van der Waals surface area contributed by atoms with Crippen molar-refractivity contribution < 1.29 is 19.2 Å². The number of ether oxygens (including phenoxy) is 1. The minimum absolute atomic E-state index is 0.0269. The van der Waals surface area contributed by atoms with Crippen LogP contribution in [0.3, 0.4) is 0 Å². The summed E-state index contributed by atoms with van der Waals surface area (Å²) >= 11 is 0. The van der Waals surface area contributed by atoms with Gasteiger partial charge in [-0.2, -0.15) is 14.8 Å². The Bertz CT molecular complexity index is 1630. The van der Waals surface area contributed by atoms with Crippen LogP contribution in [0.25, 0.3) is 28.1 Å². The predicted octanol–water partition coefficient (Wildman–Crippen LogP) is 2.20. The Morgan fingerprint density at radius 2 is 2.06 bits per heavy atom. The molecule has 5 aromatic rings. The van der Waals surface area contributed by atoms with E-state index < -0.39 is 6.04 Å². The van der Waals surface area contributed by atoms with Gasteiger partial charge in [-0.15, -0.1) is 15.3 Å². The van der Waals surface area contributed by atoms with E-state index >= 15 is 0 Å². The summed E-state index contributed by atoms with van der Waals surface area (Å²) in [5.41, 5.74) is 1.68. The van der Waals surface area contributed by atoms with Crippen LogP contribution in [0.2, 0.25) is 0 Å². The average molecular weight is 484 g/mol. The lowest BCUT2D eigenvalue weighted by Crippen LogP contribution is -2.35. The van der Waals surface area contributed by atoms with E-state index in [0.29, 0.717) is 39.8 Å². The van der Waals surface area contributed by atoms with Crippen LogP contribution < -0.4 is 10.1 Å². The summed E-state index contributed by atoms with van der Waals surface area (Å²) in [6.07, 6.45) is 0. The molecule has 0 aliphatic rings. The van der Waals surface area contributed by atoms with E-state index in [2.05, 4.69) is 36.8 Å². The van der Waals surface area contributed by atoms with Crippen LogP contribution in [0, 0.1) is 18.3 Å². The summed E-state index contributed by atoms with van der Waals surface area (Å²) in [7, 11) is 0. The number of hydrogen-bond acceptors (Lipinski definition) is 10. The molecule has 3 heterocycles. The van der Waals surface area contributed by atoms with Crippen molar-refractivity contribution in [3.8, 4) is 23.6 Å². The van der Waals surface area contributed by atoms with Crippen molar-refractivity contribution in [3.63, 3.8) is 0 Å². The van der Waals surface area contributed by atoms with Crippen LogP contribution in [-0.4, -0.2) is 53.6 Å². The fourth-order valence-electron chi connectivity index (χ4n) is 3.63. The number of nitrogens with zero attached hydrogens (tertiary/aromatic N) is 7. The number of aliphatic hydroxyl groups excluding tert-OH is 1. The number of aryl methyl sites for hydroxylation is 1. The van der Waals surface area contributed by atoms with Crippen LogP contribution in [0.4, 0.5) is 0 Å². The molecule has 12 heteroatoms. The first kappa shape index (κ1) is 22.9. The molecule has 12 nitrogen and oxygen atoms in total. The van der Waals surface area contributed by atoms with Gasteiger partial charge in [0.05, 0.1) is 18.2 Å². The zero-order chi connectivity index (χ0) is 25.2. The summed E-state index contributed by atoms with van der Waals surface area (Å²) in [6, 6.07) is 13.9. The van der Waals surface area contributed by atoms with Crippen molar-refractivity contribution in [3.05, 3.63) is 65.0 Å². The number of benzene rings is 2. The number of fused-ring (bicyclic) bond motifs is 3. The molecule has 1 unspecified atom stereocenters. The smallest absolute Gasteiger partial charge is 0.251 e. The monoisotopic (exact) mass is 484 g/mol. The minimum atomic E-state index is -0.403. The van der Waals surface area contributed by atoms with Crippen molar-refractivity contribution in [2.45, 2.75) is 26.5 Å². The van der Waals surface area contributed by atoms with E-state index in [1.54, 1.807) is 26.0 Å². The number of amides is 1. The third-order valence-corrected chi connectivity index (χ3v) is 5.47. The largest absolute Gasteiger partial charge is 0.471 e. The van der Waals surface area contributed by atoms with Gasteiger partial charge >= 0.3 is 0 Å². The molecule has 0 fully saturated rings. The molecule has 2 N–H and O–H groups in total. The van der Waals surface area contributed by atoms with Crippen LogP contribution in [0.15, 0.2) is 47.0 Å². The minimum Gasteiger partial charge on any atom is -0.471 e. The van der Waals surface area contributed by atoms with Crippen molar-refractivity contribution >= 4 is 22.3 Å². The second-order valence-electron chi connectivity index (χ2n) is 8.08. The highest BCUT2D eigenvalue weighted by atomic mass is 16.5. The number of rotatable bonds is 7. The van der Waals surface area contributed by atoms with Gasteiger partial charge in [-0.05, 0) is 25.1 Å². The first-order valence-corrected chi connectivity index (χ1v) is 11.0. The maximum Gasteiger partial charge on any atom is 0.251 e. The van der Waals surface area contributed by atoms with Crippen molar-refractivity contribution in [1.82, 2.24) is 35.3 Å². The first-order chi connectivity index (χ1) is 17.5. The molecule has 0 spiro atoms. The van der Waals surface area contributed by atoms with Gasteiger partial charge in [-0.25, -0.2) is 0 Å². The van der Waals surface area contributed by atoms with E-state index in [1.165, 1.54) is 10.6 Å². The van der Waals surface area contributed by atoms with Gasteiger partial charge in [0.15, 0.2) is 5.65 Å². The number of aliphatic hydroxyl groups is 1. The van der Waals surface area contributed by atoms with Crippen LogP contribution in [0.1, 0.15) is 34.3 Å². The molecule has 1 amide bonds. The highest BCUT2D eigenvalue weighted by molar-refractivity contribution is 5.97. The van der Waals surface area contributed by atoms with E-state index in [9.17, 15) is 10.1 Å². The third-order valence-electron chi connectivity index (χ3n) is 5.47. The van der Waals surface area contributed by atoms with Gasteiger partial charge in [0.1, 0.15) is 6.61 Å². The number of nitriles is 1. The molecular weight excluding hydrogens is 464 g/mol. The molecule has 36 heavy (non-hydrogen) atoms. The highest BCUT2D eigenvalue weighted by Gasteiger charge is 2.20. The van der Waals surface area contributed by atoms with Crippen LogP contribution >= 0.6 is 0 Å². The Balaban J connectivity index is 1.49. The quantitative estimate of drug-likeness (QED) is 0.350. The highest BCUT2D eigenvalue weighted by Crippen LogP contribution is 2.29. The van der Waals surface area contributed by atoms with Gasteiger partial charge in [-0.3, -0.25) is 4.79 Å². The summed E-state index contributed by atoms with van der Waals surface area (Å²) in [4.78, 5) is 16.6. The van der Waals surface area contributed by atoms with Gasteiger partial charge in [0.2, 0.25) is 23.4 Å². The van der Waals surface area contributed by atoms with Crippen molar-refractivity contribution in [2.24, 2.45) is 0 Å². The number of aromatic nitrogens is 6. The molecule has 5 rings (SSSR count). The van der Waals surface area contributed by atoms with Gasteiger partial charge < -0.3 is 19.7 Å². The lowest BCUT2D eigenvalue weighted by atomic mass is 10.0. The number of nitrogens with one attached hydrogen (secondary N) is 1. The molecule has 0 aliphatic carbocycles. The standard InChI is InChI=1S/C24H20N8O4/c1-13(11-33)26-23(34)15-7-8-16(17(9-15)10-25)12-35-24-19-6-4-3-5-18(19)21-28-29-22(32(21)30-24)20-27-14(2)36-31-20/h3-9,13,33H,11-12H2,1-2H3,(H,26,34). The molecule has 0 saturated carbocycles. The molecule has 180 valence electrons. The maximum atomic E-state index is 12.4. The maximum absolute atomic E-state index is 12.4. The molecule has 0 bridgehead atoms. The Morgan fingerprint density at radius 1 is 1.25 bits per heavy atom. The normalized spacial score (nSPS) is 11.9. The van der Waals surface area contributed by atoms with Gasteiger partial charge in [0.25, 0.3) is 5.91 Å². The van der Waals surface area contributed by atoms with Crippen molar-refractivity contribution in [2.75, 3.05) is 6.61 Å². The average Bonchev–Trinajstić information content (AvgIpc) is 3.52. The zero-order valence-corrected chi connectivity index (χ0v) is 19.3. The predicted molar refractivity (Wildman–Crippen MR) is 126 cm³/mol. The molecule has 0 saturated heterocycles. The molecule has 1 atom stereocenters. The van der Waals surface area contributed by atoms with E-state index in [0.717, 1.165) is 5.39 Å².